The molecule has 164 valence electrons. The van der Waals surface area contributed by atoms with Crippen LogP contribution in [0.5, 0.6) is 11.5 Å². The molecule has 1 aliphatic rings. The Hall–Kier alpha value is -4.14. The molecule has 0 unspecified atom stereocenters. The fraction of sp³-hybridized carbons (Fsp3) is 0.0833. The van der Waals surface area contributed by atoms with Crippen LogP contribution in [0.3, 0.4) is 0 Å². The molecule has 0 aromatic heterocycles. The number of anilines is 2. The van der Waals surface area contributed by atoms with E-state index >= 15 is 0 Å². The highest BCUT2D eigenvalue weighted by Gasteiger charge is 2.15. The van der Waals surface area contributed by atoms with E-state index in [0.29, 0.717) is 5.70 Å². The molecule has 0 saturated heterocycles. The maximum atomic E-state index is 6.34. The third-order valence-corrected chi connectivity index (χ3v) is 5.08. The number of ether oxygens (including phenoxy) is 2. The topological polar surface area (TPSA) is 101 Å². The van der Waals surface area contributed by atoms with Gasteiger partial charge >= 0.3 is 0 Å². The molecular weight excluding hydrogens is 404 g/mol. The Bertz CT molecular complexity index is 1130. The fourth-order valence-corrected chi connectivity index (χ4v) is 3.26. The SMILES string of the molecule is COc1ccc(N(N)/C=C(\N)c2cccc(C3=CN(c4ccc(OC)cc4)NN3)c2)cc1. The zero-order chi connectivity index (χ0) is 22.5. The van der Waals surface area contributed by atoms with Gasteiger partial charge in [0.05, 0.1) is 37.0 Å². The molecule has 32 heavy (non-hydrogen) atoms. The predicted octanol–water partition coefficient (Wildman–Crippen LogP) is 3.17. The van der Waals surface area contributed by atoms with Crippen molar-refractivity contribution in [2.24, 2.45) is 11.6 Å². The van der Waals surface area contributed by atoms with Crippen LogP contribution >= 0.6 is 0 Å². The molecule has 0 amide bonds. The summed E-state index contributed by atoms with van der Waals surface area (Å²) in [6.07, 6.45) is 3.67. The first-order valence-corrected chi connectivity index (χ1v) is 10.0. The summed E-state index contributed by atoms with van der Waals surface area (Å²) in [6.45, 7) is 0. The van der Waals surface area contributed by atoms with Crippen LogP contribution in [0, 0.1) is 0 Å². The van der Waals surface area contributed by atoms with Crippen LogP contribution in [0.4, 0.5) is 11.4 Å². The maximum Gasteiger partial charge on any atom is 0.119 e. The van der Waals surface area contributed by atoms with Gasteiger partial charge in [0.1, 0.15) is 11.5 Å². The number of nitrogens with two attached hydrogens (primary N) is 2. The number of benzene rings is 3. The summed E-state index contributed by atoms with van der Waals surface area (Å²) in [7, 11) is 3.27. The van der Waals surface area contributed by atoms with Crippen LogP contribution in [0.2, 0.25) is 0 Å². The molecule has 3 aromatic carbocycles. The zero-order valence-corrected chi connectivity index (χ0v) is 17.9. The van der Waals surface area contributed by atoms with Crippen LogP contribution in [0.25, 0.3) is 11.4 Å². The quantitative estimate of drug-likeness (QED) is 0.335. The van der Waals surface area contributed by atoms with Crippen molar-refractivity contribution in [1.82, 2.24) is 11.0 Å². The third kappa shape index (κ3) is 4.61. The molecule has 4 rings (SSSR count). The van der Waals surface area contributed by atoms with Gasteiger partial charge in [0, 0.05) is 18.0 Å². The summed E-state index contributed by atoms with van der Waals surface area (Å²) < 4.78 is 10.4. The van der Waals surface area contributed by atoms with E-state index in [0.717, 1.165) is 39.7 Å². The monoisotopic (exact) mass is 430 g/mol. The van der Waals surface area contributed by atoms with Gasteiger partial charge in [-0.2, -0.15) is 0 Å². The van der Waals surface area contributed by atoms with Gasteiger partial charge in [-0.1, -0.05) is 18.2 Å². The minimum Gasteiger partial charge on any atom is -0.497 e. The van der Waals surface area contributed by atoms with Gasteiger partial charge in [-0.05, 0) is 60.2 Å². The highest BCUT2D eigenvalue weighted by atomic mass is 16.5. The number of hydrazine groups is 3. The number of hydrogen-bond donors (Lipinski definition) is 4. The smallest absolute Gasteiger partial charge is 0.119 e. The predicted molar refractivity (Wildman–Crippen MR) is 128 cm³/mol. The molecule has 6 N–H and O–H groups in total. The Morgan fingerprint density at radius 3 is 2.25 bits per heavy atom. The molecule has 0 aliphatic carbocycles. The van der Waals surface area contributed by atoms with Crippen molar-refractivity contribution in [3.63, 3.8) is 0 Å². The molecule has 8 nitrogen and oxygen atoms in total. The second kappa shape index (κ2) is 9.34. The van der Waals surface area contributed by atoms with E-state index in [9.17, 15) is 0 Å². The van der Waals surface area contributed by atoms with E-state index in [1.807, 2.05) is 84.0 Å². The summed E-state index contributed by atoms with van der Waals surface area (Å²) in [5.41, 5.74) is 17.7. The van der Waals surface area contributed by atoms with Gasteiger partial charge in [-0.15, -0.1) is 5.53 Å². The molecule has 0 radical (unpaired) electrons. The highest BCUT2D eigenvalue weighted by molar-refractivity contribution is 5.74. The first kappa shape index (κ1) is 21.1. The van der Waals surface area contributed by atoms with Crippen molar-refractivity contribution in [3.8, 4) is 11.5 Å². The van der Waals surface area contributed by atoms with Crippen LogP contribution in [0.1, 0.15) is 11.1 Å². The zero-order valence-electron chi connectivity index (χ0n) is 17.9. The Kier molecular flexibility index (Phi) is 6.16. The van der Waals surface area contributed by atoms with Gasteiger partial charge < -0.3 is 20.6 Å². The van der Waals surface area contributed by atoms with Crippen LogP contribution < -0.4 is 42.0 Å². The van der Waals surface area contributed by atoms with E-state index in [4.69, 9.17) is 21.1 Å². The number of methoxy groups -OCH3 is 2. The first-order valence-electron chi connectivity index (χ1n) is 10.0. The standard InChI is InChI=1S/C24H26N6O2/c1-31-21-10-6-19(7-11-21)29(26)15-23(25)17-4-3-5-18(14-17)24-16-30(28-27-24)20-8-12-22(32-2)13-9-20/h3-16,27-28H,25-26H2,1-2H3/b23-15-. The van der Waals surface area contributed by atoms with E-state index < -0.39 is 0 Å². The van der Waals surface area contributed by atoms with E-state index in [-0.39, 0.29) is 0 Å². The summed E-state index contributed by atoms with van der Waals surface area (Å²) in [5.74, 6) is 7.75. The molecule has 0 bridgehead atoms. The van der Waals surface area contributed by atoms with Gasteiger partial charge in [-0.3, -0.25) is 10.0 Å². The largest absolute Gasteiger partial charge is 0.497 e. The number of nitrogens with zero attached hydrogens (tertiary/aromatic N) is 2. The van der Waals surface area contributed by atoms with Crippen LogP contribution in [-0.2, 0) is 0 Å². The van der Waals surface area contributed by atoms with Crippen molar-refractivity contribution in [2.75, 3.05) is 24.2 Å². The lowest BCUT2D eigenvalue weighted by Crippen LogP contribution is -2.36. The summed E-state index contributed by atoms with van der Waals surface area (Å²) in [4.78, 5) is 0. The Balaban J connectivity index is 1.51. The molecule has 0 saturated carbocycles. The van der Waals surface area contributed by atoms with Crippen molar-refractivity contribution in [2.45, 2.75) is 0 Å². The summed E-state index contributed by atoms with van der Waals surface area (Å²) >= 11 is 0. The number of nitrogens with one attached hydrogen (secondary N) is 2. The third-order valence-electron chi connectivity index (χ3n) is 5.08. The van der Waals surface area contributed by atoms with E-state index in [1.54, 1.807) is 20.4 Å². The van der Waals surface area contributed by atoms with Gasteiger partial charge in [-0.25, -0.2) is 5.84 Å². The van der Waals surface area contributed by atoms with E-state index in [2.05, 4.69) is 11.0 Å². The number of hydrogen-bond acceptors (Lipinski definition) is 8. The molecule has 0 atom stereocenters. The van der Waals surface area contributed by atoms with Crippen molar-refractivity contribution in [3.05, 3.63) is 96.3 Å². The first-order chi connectivity index (χ1) is 15.6. The van der Waals surface area contributed by atoms with E-state index in [1.165, 1.54) is 5.01 Å². The minimum absolute atomic E-state index is 0.545. The highest BCUT2D eigenvalue weighted by Crippen LogP contribution is 2.24. The lowest BCUT2D eigenvalue weighted by molar-refractivity contribution is 0.414. The normalized spacial score (nSPS) is 13.4. The Morgan fingerprint density at radius 2 is 1.59 bits per heavy atom. The molecule has 0 fully saturated rings. The van der Waals surface area contributed by atoms with Gasteiger partial charge in [0.15, 0.2) is 0 Å². The second-order valence-electron chi connectivity index (χ2n) is 7.12. The molecule has 1 aliphatic heterocycles. The molecule has 8 heteroatoms. The molecular formula is C24H26N6O2. The molecule has 3 aromatic rings. The second-order valence-corrected chi connectivity index (χ2v) is 7.12. The number of rotatable bonds is 7. The molecule has 1 heterocycles. The lowest BCUT2D eigenvalue weighted by atomic mass is 10.1. The van der Waals surface area contributed by atoms with Crippen LogP contribution in [0.15, 0.2) is 85.2 Å². The van der Waals surface area contributed by atoms with Crippen molar-refractivity contribution in [1.29, 1.82) is 0 Å². The van der Waals surface area contributed by atoms with Crippen LogP contribution in [-0.4, -0.2) is 14.2 Å². The van der Waals surface area contributed by atoms with Gasteiger partial charge in [0.25, 0.3) is 0 Å². The summed E-state index contributed by atoms with van der Waals surface area (Å²) in [6, 6.07) is 23.1. The average Bonchev–Trinajstić information content (AvgIpc) is 3.34. The Morgan fingerprint density at radius 1 is 0.938 bits per heavy atom. The van der Waals surface area contributed by atoms with Gasteiger partial charge in [0.2, 0.25) is 0 Å². The van der Waals surface area contributed by atoms with Crippen molar-refractivity contribution < 1.29 is 9.47 Å². The molecule has 0 spiro atoms. The fourth-order valence-electron chi connectivity index (χ4n) is 3.26. The van der Waals surface area contributed by atoms with Crippen molar-refractivity contribution >= 4 is 22.8 Å². The lowest BCUT2D eigenvalue weighted by Gasteiger charge is -2.16. The maximum absolute atomic E-state index is 6.34. The minimum atomic E-state index is 0.545. The summed E-state index contributed by atoms with van der Waals surface area (Å²) in [5, 5.41) is 3.38. The Labute approximate surface area is 187 Å². The average molecular weight is 431 g/mol.